The number of halogens is 1. The van der Waals surface area contributed by atoms with Crippen LogP contribution in [0.15, 0.2) is 24.3 Å². The number of ether oxygens (including phenoxy) is 1. The van der Waals surface area contributed by atoms with Gasteiger partial charge in [-0.3, -0.25) is 0 Å². The van der Waals surface area contributed by atoms with Crippen molar-refractivity contribution in [2.24, 2.45) is 0 Å². The van der Waals surface area contributed by atoms with Crippen molar-refractivity contribution in [3.63, 3.8) is 0 Å². The molecule has 0 saturated carbocycles. The van der Waals surface area contributed by atoms with Crippen LogP contribution < -0.4 is 4.90 Å². The predicted molar refractivity (Wildman–Crippen MR) is 80.1 cm³/mol. The van der Waals surface area contributed by atoms with Crippen LogP contribution in [-0.4, -0.2) is 40.8 Å². The summed E-state index contributed by atoms with van der Waals surface area (Å²) in [6.45, 7) is 6.65. The van der Waals surface area contributed by atoms with Gasteiger partial charge in [0, 0.05) is 23.7 Å². The molecule has 2 atom stereocenters. The van der Waals surface area contributed by atoms with E-state index in [0.717, 1.165) is 5.69 Å². The molecule has 1 aliphatic heterocycles. The van der Waals surface area contributed by atoms with Gasteiger partial charge in [0.25, 0.3) is 0 Å². The molecule has 1 heterocycles. The van der Waals surface area contributed by atoms with Crippen molar-refractivity contribution < 1.29 is 14.9 Å². The van der Waals surface area contributed by atoms with Crippen molar-refractivity contribution in [1.82, 2.24) is 0 Å². The predicted octanol–water partition coefficient (Wildman–Crippen LogP) is 2.41. The lowest BCUT2D eigenvalue weighted by Crippen LogP contribution is -2.38. The van der Waals surface area contributed by atoms with Crippen LogP contribution in [-0.2, 0) is 4.74 Å². The second-order valence-electron chi connectivity index (χ2n) is 6.20. The smallest absolute Gasteiger partial charge is 0.172 e. The van der Waals surface area contributed by atoms with Gasteiger partial charge in [-0.2, -0.15) is 0 Å². The van der Waals surface area contributed by atoms with Crippen LogP contribution in [0, 0.1) is 0 Å². The number of aliphatic hydroxyl groups is 2. The van der Waals surface area contributed by atoms with Crippen molar-refractivity contribution in [1.29, 1.82) is 0 Å². The summed E-state index contributed by atoms with van der Waals surface area (Å²) >= 11 is 5.89. The Morgan fingerprint density at radius 1 is 1.25 bits per heavy atom. The largest absolute Gasteiger partial charge is 0.371 e. The maximum absolute atomic E-state index is 9.59. The Labute approximate surface area is 124 Å². The first-order valence-corrected chi connectivity index (χ1v) is 7.20. The van der Waals surface area contributed by atoms with E-state index in [2.05, 4.69) is 0 Å². The molecule has 0 aliphatic carbocycles. The molecule has 4 nitrogen and oxygen atoms in total. The van der Waals surface area contributed by atoms with Gasteiger partial charge in [0.1, 0.15) is 0 Å². The van der Waals surface area contributed by atoms with Crippen molar-refractivity contribution in [3.8, 4) is 0 Å². The number of anilines is 1. The van der Waals surface area contributed by atoms with Gasteiger partial charge in [-0.25, -0.2) is 0 Å². The van der Waals surface area contributed by atoms with Gasteiger partial charge < -0.3 is 19.8 Å². The summed E-state index contributed by atoms with van der Waals surface area (Å²) in [4.78, 5) is 1.97. The summed E-state index contributed by atoms with van der Waals surface area (Å²) in [5.41, 5.74) is 0.679. The molecule has 1 aromatic carbocycles. The van der Waals surface area contributed by atoms with E-state index in [1.807, 2.05) is 37.8 Å². The average molecular weight is 300 g/mol. The Morgan fingerprint density at radius 2 is 1.85 bits per heavy atom. The Bertz CT molecular complexity index is 441. The summed E-state index contributed by atoms with van der Waals surface area (Å²) < 4.78 is 5.96. The normalized spacial score (nSPS) is 23.6. The fourth-order valence-electron chi connectivity index (χ4n) is 2.62. The fraction of sp³-hybridized carbons (Fsp3) is 0.600. The molecule has 0 amide bonds. The second kappa shape index (κ2) is 5.90. The van der Waals surface area contributed by atoms with Gasteiger partial charge in [-0.15, -0.1) is 0 Å². The fourth-order valence-corrected chi connectivity index (χ4v) is 2.75. The van der Waals surface area contributed by atoms with Crippen LogP contribution in [0.5, 0.6) is 0 Å². The first kappa shape index (κ1) is 15.6. The monoisotopic (exact) mass is 299 g/mol. The van der Waals surface area contributed by atoms with E-state index in [-0.39, 0.29) is 17.7 Å². The molecule has 1 aromatic rings. The van der Waals surface area contributed by atoms with E-state index < -0.39 is 6.29 Å². The van der Waals surface area contributed by atoms with Crippen LogP contribution >= 0.6 is 11.6 Å². The van der Waals surface area contributed by atoms with E-state index in [9.17, 15) is 10.2 Å². The van der Waals surface area contributed by atoms with E-state index in [4.69, 9.17) is 16.3 Å². The first-order chi connectivity index (χ1) is 9.26. The summed E-state index contributed by atoms with van der Waals surface area (Å²) in [7, 11) is 0. The Balaban J connectivity index is 2.15. The summed E-state index contributed by atoms with van der Waals surface area (Å²) in [6.07, 6.45) is -0.811. The molecular formula is C15H22ClNO3. The third kappa shape index (κ3) is 3.85. The van der Waals surface area contributed by atoms with Crippen LogP contribution in [0.2, 0.25) is 5.02 Å². The SMILES string of the molecule is CC(C)(C)OC1C[C@@H](C(O)O)N(c2ccc(Cl)cc2)C1. The molecule has 0 bridgehead atoms. The molecule has 1 saturated heterocycles. The maximum Gasteiger partial charge on any atom is 0.172 e. The molecule has 0 aromatic heterocycles. The minimum Gasteiger partial charge on any atom is -0.371 e. The number of benzene rings is 1. The van der Waals surface area contributed by atoms with Gasteiger partial charge in [-0.1, -0.05) is 11.6 Å². The number of hydrogen-bond acceptors (Lipinski definition) is 4. The highest BCUT2D eigenvalue weighted by molar-refractivity contribution is 6.30. The summed E-state index contributed by atoms with van der Waals surface area (Å²) in [5, 5.41) is 19.8. The van der Waals surface area contributed by atoms with Crippen LogP contribution in [0.4, 0.5) is 5.69 Å². The molecule has 2 N–H and O–H groups in total. The van der Waals surface area contributed by atoms with Gasteiger partial charge in [-0.05, 0) is 45.0 Å². The lowest BCUT2D eigenvalue weighted by atomic mass is 10.1. The third-order valence-corrected chi connectivity index (χ3v) is 3.58. The molecule has 1 aliphatic rings. The molecule has 2 rings (SSSR count). The zero-order chi connectivity index (χ0) is 14.9. The quantitative estimate of drug-likeness (QED) is 0.842. The Morgan fingerprint density at radius 3 is 2.35 bits per heavy atom. The van der Waals surface area contributed by atoms with E-state index in [0.29, 0.717) is 18.0 Å². The first-order valence-electron chi connectivity index (χ1n) is 6.82. The second-order valence-corrected chi connectivity index (χ2v) is 6.63. The molecule has 1 fully saturated rings. The molecule has 112 valence electrons. The van der Waals surface area contributed by atoms with Gasteiger partial charge in [0.05, 0.1) is 17.7 Å². The molecule has 20 heavy (non-hydrogen) atoms. The topological polar surface area (TPSA) is 52.9 Å². The average Bonchev–Trinajstić information content (AvgIpc) is 2.71. The zero-order valence-electron chi connectivity index (χ0n) is 12.1. The molecule has 0 radical (unpaired) electrons. The lowest BCUT2D eigenvalue weighted by molar-refractivity contribution is -0.0752. The van der Waals surface area contributed by atoms with E-state index >= 15 is 0 Å². The van der Waals surface area contributed by atoms with Crippen molar-refractivity contribution in [2.45, 2.75) is 51.2 Å². The molecule has 0 spiro atoms. The van der Waals surface area contributed by atoms with Gasteiger partial charge in [0.15, 0.2) is 6.29 Å². The van der Waals surface area contributed by atoms with Crippen molar-refractivity contribution in [2.75, 3.05) is 11.4 Å². The maximum atomic E-state index is 9.59. The highest BCUT2D eigenvalue weighted by atomic mass is 35.5. The van der Waals surface area contributed by atoms with Crippen LogP contribution in [0.25, 0.3) is 0 Å². The standard InChI is InChI=1S/C15H22ClNO3/c1-15(2,3)20-12-8-13(14(18)19)17(9-12)11-6-4-10(16)5-7-11/h4-7,12-14,18-19H,8-9H2,1-3H3/t12?,13-/m0/s1. The van der Waals surface area contributed by atoms with Gasteiger partial charge in [0.2, 0.25) is 0 Å². The van der Waals surface area contributed by atoms with Crippen molar-refractivity contribution >= 4 is 17.3 Å². The van der Waals surface area contributed by atoms with Crippen LogP contribution in [0.3, 0.4) is 0 Å². The summed E-state index contributed by atoms with van der Waals surface area (Å²) in [6, 6.07) is 7.02. The summed E-state index contributed by atoms with van der Waals surface area (Å²) in [5.74, 6) is 0. The Kier molecular flexibility index (Phi) is 4.59. The molecule has 1 unspecified atom stereocenters. The minimum absolute atomic E-state index is 0.0162. The minimum atomic E-state index is -1.39. The number of aliphatic hydroxyl groups excluding tert-OH is 1. The van der Waals surface area contributed by atoms with E-state index in [1.54, 1.807) is 12.1 Å². The van der Waals surface area contributed by atoms with E-state index in [1.165, 1.54) is 0 Å². The highest BCUT2D eigenvalue weighted by Gasteiger charge is 2.38. The van der Waals surface area contributed by atoms with Crippen molar-refractivity contribution in [3.05, 3.63) is 29.3 Å². The number of nitrogens with zero attached hydrogens (tertiary/aromatic N) is 1. The number of hydrogen-bond donors (Lipinski definition) is 2. The lowest BCUT2D eigenvalue weighted by Gasteiger charge is -2.28. The Hall–Kier alpha value is -0.810. The molecule has 5 heteroatoms. The zero-order valence-corrected chi connectivity index (χ0v) is 12.8. The number of rotatable bonds is 3. The third-order valence-electron chi connectivity index (χ3n) is 3.33. The highest BCUT2D eigenvalue weighted by Crippen LogP contribution is 2.31. The van der Waals surface area contributed by atoms with Gasteiger partial charge >= 0.3 is 0 Å². The molecular weight excluding hydrogens is 278 g/mol. The van der Waals surface area contributed by atoms with Crippen LogP contribution in [0.1, 0.15) is 27.2 Å².